The Kier molecular flexibility index (Phi) is 4.82. The van der Waals surface area contributed by atoms with Crippen LogP contribution in [0.2, 0.25) is 0 Å². The first-order valence-electron chi connectivity index (χ1n) is 8.66. The summed E-state index contributed by atoms with van der Waals surface area (Å²) in [5.74, 6) is 0.701. The van der Waals surface area contributed by atoms with E-state index >= 15 is 0 Å². The molecule has 7 heteroatoms. The number of aromatic nitrogens is 1. The van der Waals surface area contributed by atoms with Crippen LogP contribution in [-0.2, 0) is 21.3 Å². The van der Waals surface area contributed by atoms with Gasteiger partial charge in [-0.05, 0) is 18.2 Å². The minimum absolute atomic E-state index is 0.195. The van der Waals surface area contributed by atoms with E-state index in [-0.39, 0.29) is 24.7 Å². The molecular weight excluding hydrogens is 364 g/mol. The Morgan fingerprint density at radius 2 is 1.96 bits per heavy atom. The summed E-state index contributed by atoms with van der Waals surface area (Å²) in [6, 6.07) is 15.9. The fourth-order valence-electron chi connectivity index (χ4n) is 3.36. The summed E-state index contributed by atoms with van der Waals surface area (Å²) in [5, 5.41) is 0.785. The van der Waals surface area contributed by atoms with Crippen LogP contribution in [-0.4, -0.2) is 44.1 Å². The predicted molar refractivity (Wildman–Crippen MR) is 102 cm³/mol. The molecule has 0 fully saturated rings. The maximum atomic E-state index is 13.6. The Morgan fingerprint density at radius 3 is 2.81 bits per heavy atom. The fraction of sp³-hybridized carbons (Fsp3) is 0.250. The summed E-state index contributed by atoms with van der Waals surface area (Å²) in [7, 11) is -2.26. The van der Waals surface area contributed by atoms with Crippen LogP contribution in [0, 0.1) is 0 Å². The quantitative estimate of drug-likeness (QED) is 0.692. The Balaban J connectivity index is 1.84. The van der Waals surface area contributed by atoms with Crippen LogP contribution < -0.4 is 4.74 Å². The number of hydrogen-bond donors (Lipinski definition) is 0. The summed E-state index contributed by atoms with van der Waals surface area (Å²) < 4.78 is 39.9. The molecule has 2 heterocycles. The van der Waals surface area contributed by atoms with Crippen LogP contribution >= 0.6 is 0 Å². The molecule has 1 atom stereocenters. The molecule has 0 amide bonds. The normalized spacial score (nSPS) is 17.9. The van der Waals surface area contributed by atoms with E-state index in [1.54, 1.807) is 31.5 Å². The highest BCUT2D eigenvalue weighted by Crippen LogP contribution is 2.31. The molecule has 1 unspecified atom stereocenters. The van der Waals surface area contributed by atoms with E-state index in [0.717, 1.165) is 10.9 Å². The van der Waals surface area contributed by atoms with Crippen LogP contribution in [0.25, 0.3) is 10.9 Å². The lowest BCUT2D eigenvalue weighted by Gasteiger charge is -2.28. The van der Waals surface area contributed by atoms with Crippen LogP contribution in [0.5, 0.6) is 5.75 Å². The molecule has 1 aliphatic rings. The zero-order chi connectivity index (χ0) is 18.9. The molecule has 0 saturated heterocycles. The molecule has 6 nitrogen and oxygen atoms in total. The SMILES string of the molecule is COCC1COc2ccccc2CN1S(=O)(=O)c1cccc2cccnc12. The first kappa shape index (κ1) is 17.9. The number of rotatable bonds is 4. The average molecular weight is 384 g/mol. The molecule has 4 rings (SSSR count). The van der Waals surface area contributed by atoms with E-state index in [9.17, 15) is 8.42 Å². The Hall–Kier alpha value is -2.48. The lowest BCUT2D eigenvalue weighted by Crippen LogP contribution is -2.44. The molecule has 2 aromatic carbocycles. The van der Waals surface area contributed by atoms with Gasteiger partial charge in [0, 0.05) is 30.8 Å². The van der Waals surface area contributed by atoms with Crippen LogP contribution in [0.15, 0.2) is 65.7 Å². The van der Waals surface area contributed by atoms with Gasteiger partial charge in [-0.3, -0.25) is 4.98 Å². The van der Waals surface area contributed by atoms with Crippen LogP contribution in [0.4, 0.5) is 0 Å². The number of para-hydroxylation sites is 2. The molecule has 0 aliphatic carbocycles. The van der Waals surface area contributed by atoms with Gasteiger partial charge in [-0.25, -0.2) is 8.42 Å². The summed E-state index contributed by atoms with van der Waals surface area (Å²) in [5.41, 5.74) is 1.29. The third-order valence-electron chi connectivity index (χ3n) is 4.68. The monoisotopic (exact) mass is 384 g/mol. The van der Waals surface area contributed by atoms with Gasteiger partial charge in [-0.2, -0.15) is 4.31 Å². The fourth-order valence-corrected chi connectivity index (χ4v) is 5.10. The van der Waals surface area contributed by atoms with Crippen molar-refractivity contribution in [1.29, 1.82) is 0 Å². The molecule has 0 bridgehead atoms. The summed E-state index contributed by atoms with van der Waals surface area (Å²) in [4.78, 5) is 4.51. The average Bonchev–Trinajstić information content (AvgIpc) is 2.88. The van der Waals surface area contributed by atoms with Gasteiger partial charge < -0.3 is 9.47 Å². The first-order valence-corrected chi connectivity index (χ1v) is 10.1. The number of sulfonamides is 1. The number of ether oxygens (including phenoxy) is 2. The maximum Gasteiger partial charge on any atom is 0.246 e. The van der Waals surface area contributed by atoms with Gasteiger partial charge in [0.1, 0.15) is 17.3 Å². The molecule has 27 heavy (non-hydrogen) atoms. The lowest BCUT2D eigenvalue weighted by molar-refractivity contribution is 0.105. The van der Waals surface area contributed by atoms with Crippen molar-refractivity contribution >= 4 is 20.9 Å². The Labute approximate surface area is 158 Å². The van der Waals surface area contributed by atoms with Crippen molar-refractivity contribution < 1.29 is 17.9 Å². The minimum atomic E-state index is -3.82. The zero-order valence-corrected chi connectivity index (χ0v) is 15.7. The zero-order valence-electron chi connectivity index (χ0n) is 14.9. The standard InChI is InChI=1S/C20H20N2O4S/c1-25-13-17-14-26-18-9-3-2-6-16(18)12-22(17)27(23,24)19-10-4-7-15-8-5-11-21-20(15)19/h2-11,17H,12-14H2,1H3. The smallest absolute Gasteiger partial charge is 0.246 e. The highest BCUT2D eigenvalue weighted by molar-refractivity contribution is 7.89. The molecule has 0 radical (unpaired) electrons. The molecule has 140 valence electrons. The number of benzene rings is 2. The molecule has 1 aliphatic heterocycles. The van der Waals surface area contributed by atoms with Crippen molar-refractivity contribution in [2.24, 2.45) is 0 Å². The predicted octanol–water partition coefficient (Wildman–Crippen LogP) is 2.83. The van der Waals surface area contributed by atoms with Crippen molar-refractivity contribution in [3.8, 4) is 5.75 Å². The van der Waals surface area contributed by atoms with Gasteiger partial charge in [0.15, 0.2) is 0 Å². The second-order valence-electron chi connectivity index (χ2n) is 6.41. The lowest BCUT2D eigenvalue weighted by atomic mass is 10.2. The highest BCUT2D eigenvalue weighted by Gasteiger charge is 2.36. The third-order valence-corrected chi connectivity index (χ3v) is 6.61. The van der Waals surface area contributed by atoms with Crippen molar-refractivity contribution in [2.45, 2.75) is 17.5 Å². The van der Waals surface area contributed by atoms with Gasteiger partial charge >= 0.3 is 0 Å². The Bertz CT molecular complexity index is 1060. The third kappa shape index (κ3) is 3.29. The number of pyridine rings is 1. The second kappa shape index (κ2) is 7.26. The van der Waals surface area contributed by atoms with Gasteiger partial charge in [0.05, 0.1) is 18.2 Å². The topological polar surface area (TPSA) is 68.7 Å². The van der Waals surface area contributed by atoms with Gasteiger partial charge in [0.2, 0.25) is 10.0 Å². The van der Waals surface area contributed by atoms with Gasteiger partial charge in [-0.15, -0.1) is 0 Å². The van der Waals surface area contributed by atoms with Crippen LogP contribution in [0.3, 0.4) is 0 Å². The minimum Gasteiger partial charge on any atom is -0.491 e. The second-order valence-corrected chi connectivity index (χ2v) is 8.27. The van der Waals surface area contributed by atoms with Crippen molar-refractivity contribution in [2.75, 3.05) is 20.3 Å². The molecule has 0 saturated carbocycles. The van der Waals surface area contributed by atoms with Crippen LogP contribution in [0.1, 0.15) is 5.56 Å². The molecule has 0 spiro atoms. The number of fused-ring (bicyclic) bond motifs is 2. The maximum absolute atomic E-state index is 13.6. The van der Waals surface area contributed by atoms with Gasteiger partial charge in [-0.1, -0.05) is 36.4 Å². The highest BCUT2D eigenvalue weighted by atomic mass is 32.2. The van der Waals surface area contributed by atoms with E-state index in [2.05, 4.69) is 4.98 Å². The van der Waals surface area contributed by atoms with Crippen molar-refractivity contribution in [3.63, 3.8) is 0 Å². The van der Waals surface area contributed by atoms with E-state index in [0.29, 0.717) is 11.3 Å². The molecular formula is C20H20N2O4S. The largest absolute Gasteiger partial charge is 0.491 e. The summed E-state index contributed by atoms with van der Waals surface area (Å²) in [6.07, 6.45) is 1.61. The Morgan fingerprint density at radius 1 is 1.15 bits per heavy atom. The number of nitrogens with zero attached hydrogens (tertiary/aromatic N) is 2. The number of hydrogen-bond acceptors (Lipinski definition) is 5. The summed E-state index contributed by atoms with van der Waals surface area (Å²) in [6.45, 7) is 0.684. The van der Waals surface area contributed by atoms with E-state index in [1.807, 2.05) is 36.4 Å². The first-order chi connectivity index (χ1) is 13.1. The van der Waals surface area contributed by atoms with Gasteiger partial charge in [0.25, 0.3) is 0 Å². The molecule has 3 aromatic rings. The van der Waals surface area contributed by atoms with E-state index in [1.165, 1.54) is 4.31 Å². The van der Waals surface area contributed by atoms with Crippen molar-refractivity contribution in [3.05, 3.63) is 66.4 Å². The molecule has 1 aromatic heterocycles. The van der Waals surface area contributed by atoms with Crippen molar-refractivity contribution in [1.82, 2.24) is 9.29 Å². The summed E-state index contributed by atoms with van der Waals surface area (Å²) >= 11 is 0. The molecule has 0 N–H and O–H groups in total. The number of methoxy groups -OCH3 is 1. The van der Waals surface area contributed by atoms with E-state index < -0.39 is 16.1 Å². The van der Waals surface area contributed by atoms with E-state index in [4.69, 9.17) is 9.47 Å².